The standard InChI is InChI=1S/2C8H18NO2.ClH/c1-7(11-8(2)10)6-9(3,4)5;1-8(10)7-11-6-5-9(2,3)4;/h7H,6H2,1-5H3;5-7H2,1-4H3;1H/q2*+1;. The lowest BCUT2D eigenvalue weighted by atomic mass is 10.3. The molecule has 0 amide bonds. The molecule has 140 valence electrons. The molecule has 0 aromatic heterocycles. The molecule has 0 spiro atoms. The van der Waals surface area contributed by atoms with Gasteiger partial charge in [0, 0.05) is 6.92 Å². The van der Waals surface area contributed by atoms with E-state index in [0.717, 1.165) is 22.1 Å². The SMILES string of the molecule is CC(=O)COCC[N+](C)(C)C.CC(=O)OC(C)C[N+](C)(C)C.Cl. The smallest absolute Gasteiger partial charge is 0.303 e. The highest BCUT2D eigenvalue weighted by molar-refractivity contribution is 5.85. The van der Waals surface area contributed by atoms with Gasteiger partial charge in [0.2, 0.25) is 0 Å². The maximum Gasteiger partial charge on any atom is 0.303 e. The van der Waals surface area contributed by atoms with E-state index in [1.54, 1.807) is 0 Å². The van der Waals surface area contributed by atoms with Gasteiger partial charge in [0.25, 0.3) is 0 Å². The molecular formula is C16H37ClN2O4+2. The number of hydrogen-bond donors (Lipinski definition) is 0. The van der Waals surface area contributed by atoms with Crippen LogP contribution in [-0.4, -0.2) is 95.4 Å². The molecule has 1 unspecified atom stereocenters. The number of ketones is 1. The molecule has 0 aliphatic carbocycles. The maximum absolute atomic E-state index is 10.5. The predicted octanol–water partition coefficient (Wildman–Crippen LogP) is 1.36. The van der Waals surface area contributed by atoms with Crippen LogP contribution >= 0.6 is 12.4 Å². The average molecular weight is 357 g/mol. The Balaban J connectivity index is -0.000000333. The number of esters is 1. The molecule has 0 saturated carbocycles. The minimum atomic E-state index is -0.203. The number of Topliss-reactive ketones (excluding diaryl/α,β-unsaturated/α-hetero) is 1. The normalized spacial score (nSPS) is 12.4. The van der Waals surface area contributed by atoms with Crippen molar-refractivity contribution in [3.8, 4) is 0 Å². The summed E-state index contributed by atoms with van der Waals surface area (Å²) in [5.74, 6) is -0.114. The molecule has 0 radical (unpaired) electrons. The Kier molecular flexibility index (Phi) is 15.0. The van der Waals surface area contributed by atoms with Crippen LogP contribution < -0.4 is 0 Å². The van der Waals surface area contributed by atoms with Crippen LogP contribution in [0.2, 0.25) is 0 Å². The van der Waals surface area contributed by atoms with Crippen molar-refractivity contribution in [3.63, 3.8) is 0 Å². The summed E-state index contributed by atoms with van der Waals surface area (Å²) in [6.07, 6.45) is 0.00694. The second-order valence-electron chi connectivity index (χ2n) is 7.66. The van der Waals surface area contributed by atoms with E-state index < -0.39 is 0 Å². The molecule has 0 bridgehead atoms. The van der Waals surface area contributed by atoms with Crippen LogP contribution in [0.4, 0.5) is 0 Å². The van der Waals surface area contributed by atoms with Crippen molar-refractivity contribution in [1.82, 2.24) is 0 Å². The van der Waals surface area contributed by atoms with E-state index in [9.17, 15) is 9.59 Å². The van der Waals surface area contributed by atoms with Crippen molar-refractivity contribution in [2.45, 2.75) is 26.9 Å². The predicted molar refractivity (Wildman–Crippen MR) is 95.8 cm³/mol. The van der Waals surface area contributed by atoms with Crippen LogP contribution in [0.5, 0.6) is 0 Å². The lowest BCUT2D eigenvalue weighted by Crippen LogP contribution is -2.41. The van der Waals surface area contributed by atoms with E-state index in [2.05, 4.69) is 42.3 Å². The first kappa shape index (κ1) is 27.2. The van der Waals surface area contributed by atoms with Gasteiger partial charge in [-0.25, -0.2) is 0 Å². The minimum absolute atomic E-state index is 0. The van der Waals surface area contributed by atoms with E-state index >= 15 is 0 Å². The third-order valence-corrected chi connectivity index (χ3v) is 2.38. The zero-order valence-corrected chi connectivity index (χ0v) is 17.2. The molecule has 0 N–H and O–H groups in total. The van der Waals surface area contributed by atoms with Gasteiger partial charge in [-0.15, -0.1) is 12.4 Å². The summed E-state index contributed by atoms with van der Waals surface area (Å²) < 4.78 is 11.8. The summed E-state index contributed by atoms with van der Waals surface area (Å²) in [6, 6.07) is 0. The third-order valence-electron chi connectivity index (χ3n) is 2.38. The Hall–Kier alpha value is -0.690. The van der Waals surface area contributed by atoms with Crippen molar-refractivity contribution in [2.75, 3.05) is 68.6 Å². The highest BCUT2D eigenvalue weighted by Crippen LogP contribution is 1.98. The molecule has 0 aromatic carbocycles. The van der Waals surface area contributed by atoms with Crippen molar-refractivity contribution < 1.29 is 28.0 Å². The number of rotatable bonds is 8. The van der Waals surface area contributed by atoms with Crippen LogP contribution in [-0.2, 0) is 19.1 Å². The largest absolute Gasteiger partial charge is 0.457 e. The van der Waals surface area contributed by atoms with Gasteiger partial charge in [-0.1, -0.05) is 0 Å². The van der Waals surface area contributed by atoms with Gasteiger partial charge >= 0.3 is 5.97 Å². The molecular weight excluding hydrogens is 320 g/mol. The first-order valence-electron chi connectivity index (χ1n) is 7.58. The number of carbonyl (C=O) groups excluding carboxylic acids is 2. The molecule has 23 heavy (non-hydrogen) atoms. The molecule has 0 heterocycles. The second-order valence-corrected chi connectivity index (χ2v) is 7.66. The fourth-order valence-electron chi connectivity index (χ4n) is 1.65. The van der Waals surface area contributed by atoms with Crippen molar-refractivity contribution in [2.24, 2.45) is 0 Å². The third kappa shape index (κ3) is 29.9. The monoisotopic (exact) mass is 356 g/mol. The molecule has 0 aliphatic heterocycles. The average Bonchev–Trinajstić information content (AvgIpc) is 2.19. The second kappa shape index (κ2) is 12.7. The van der Waals surface area contributed by atoms with E-state index in [-0.39, 0.29) is 36.9 Å². The van der Waals surface area contributed by atoms with Crippen LogP contribution in [0.25, 0.3) is 0 Å². The summed E-state index contributed by atoms with van der Waals surface area (Å²) in [6.45, 7) is 7.57. The number of ether oxygens (including phenoxy) is 2. The minimum Gasteiger partial charge on any atom is -0.457 e. The van der Waals surface area contributed by atoms with Gasteiger partial charge < -0.3 is 18.4 Å². The summed E-state index contributed by atoms with van der Waals surface area (Å²) >= 11 is 0. The number of nitrogens with zero attached hydrogens (tertiary/aromatic N) is 2. The van der Waals surface area contributed by atoms with Gasteiger partial charge in [0.05, 0.1) is 48.9 Å². The van der Waals surface area contributed by atoms with Gasteiger partial charge in [0.15, 0.2) is 5.78 Å². The van der Waals surface area contributed by atoms with Crippen molar-refractivity contribution >= 4 is 24.2 Å². The highest BCUT2D eigenvalue weighted by atomic mass is 35.5. The fraction of sp³-hybridized carbons (Fsp3) is 0.875. The fourth-order valence-corrected chi connectivity index (χ4v) is 1.65. The zero-order valence-electron chi connectivity index (χ0n) is 16.3. The van der Waals surface area contributed by atoms with Crippen LogP contribution in [0.15, 0.2) is 0 Å². The summed E-state index contributed by atoms with van der Waals surface area (Å²) in [5.41, 5.74) is 0. The van der Waals surface area contributed by atoms with Gasteiger partial charge in [-0.05, 0) is 13.8 Å². The molecule has 0 saturated heterocycles. The Bertz CT molecular complexity index is 336. The first-order chi connectivity index (χ1) is 9.73. The molecule has 0 aliphatic rings. The zero-order chi connectivity index (χ0) is 18.0. The summed E-state index contributed by atoms with van der Waals surface area (Å²) in [4.78, 5) is 20.9. The summed E-state index contributed by atoms with van der Waals surface area (Å²) in [7, 11) is 12.5. The number of quaternary nitrogens is 2. The van der Waals surface area contributed by atoms with Gasteiger partial charge in [-0.3, -0.25) is 9.59 Å². The first-order valence-corrected chi connectivity index (χ1v) is 7.58. The van der Waals surface area contributed by atoms with Gasteiger partial charge in [-0.2, -0.15) is 0 Å². The van der Waals surface area contributed by atoms with Crippen LogP contribution in [0.1, 0.15) is 20.8 Å². The quantitative estimate of drug-likeness (QED) is 0.374. The van der Waals surface area contributed by atoms with E-state index in [1.807, 2.05) is 6.92 Å². The number of halogens is 1. The number of likely N-dealkylation sites (N-methyl/N-ethyl adjacent to an activating group) is 2. The Morgan fingerprint density at radius 3 is 1.74 bits per heavy atom. The van der Waals surface area contributed by atoms with Crippen molar-refractivity contribution in [3.05, 3.63) is 0 Å². The highest BCUT2D eigenvalue weighted by Gasteiger charge is 2.15. The van der Waals surface area contributed by atoms with E-state index in [0.29, 0.717) is 6.61 Å². The lowest BCUT2D eigenvalue weighted by Gasteiger charge is -2.26. The van der Waals surface area contributed by atoms with E-state index in [1.165, 1.54) is 13.8 Å². The van der Waals surface area contributed by atoms with Gasteiger partial charge in [0.1, 0.15) is 25.8 Å². The molecule has 0 fully saturated rings. The number of hydrogen-bond acceptors (Lipinski definition) is 4. The topological polar surface area (TPSA) is 52.6 Å². The Morgan fingerprint density at radius 2 is 1.43 bits per heavy atom. The van der Waals surface area contributed by atoms with Crippen LogP contribution in [0.3, 0.4) is 0 Å². The molecule has 1 atom stereocenters. The molecule has 6 nitrogen and oxygen atoms in total. The Morgan fingerprint density at radius 1 is 0.957 bits per heavy atom. The Labute approximate surface area is 148 Å². The van der Waals surface area contributed by atoms with E-state index in [4.69, 9.17) is 9.47 Å². The molecule has 0 aromatic rings. The van der Waals surface area contributed by atoms with Crippen molar-refractivity contribution in [1.29, 1.82) is 0 Å². The molecule has 7 heteroatoms. The molecule has 0 rings (SSSR count). The summed E-state index contributed by atoms with van der Waals surface area (Å²) in [5, 5.41) is 0. The lowest BCUT2D eigenvalue weighted by molar-refractivity contribution is -0.873. The number of carbonyl (C=O) groups is 2. The van der Waals surface area contributed by atoms with Crippen LogP contribution in [0, 0.1) is 0 Å². The maximum atomic E-state index is 10.5.